The van der Waals surface area contributed by atoms with Gasteiger partial charge >= 0.3 is 0 Å². The summed E-state index contributed by atoms with van der Waals surface area (Å²) in [5, 5.41) is 4.36. The van der Waals surface area contributed by atoms with Crippen molar-refractivity contribution < 1.29 is 0 Å². The molecular weight excluding hydrogens is 320 g/mol. The van der Waals surface area contributed by atoms with Crippen LogP contribution in [0.25, 0.3) is 0 Å². The fraction of sp³-hybridized carbons (Fsp3) is 0.318. The Morgan fingerprint density at radius 3 is 2.35 bits per heavy atom. The van der Waals surface area contributed by atoms with Gasteiger partial charge in [-0.15, -0.1) is 0 Å². The van der Waals surface area contributed by atoms with Crippen LogP contribution in [0.4, 0.5) is 0 Å². The van der Waals surface area contributed by atoms with Crippen LogP contribution < -0.4 is 0 Å². The topological polar surface area (TPSA) is 24.3 Å². The molecule has 0 aliphatic carbocycles. The molecule has 0 saturated carbocycles. The Hall–Kier alpha value is -2.43. The smallest absolute Gasteiger partial charge is 0.0662 e. The lowest BCUT2D eigenvalue weighted by Gasteiger charge is -2.40. The first-order chi connectivity index (χ1) is 12.8. The maximum absolute atomic E-state index is 4.36. The van der Waals surface area contributed by atoms with Crippen molar-refractivity contribution in [3.63, 3.8) is 0 Å². The summed E-state index contributed by atoms with van der Waals surface area (Å²) in [7, 11) is 2.24. The second kappa shape index (κ2) is 7.85. The Balaban J connectivity index is 1.49. The molecular formula is C22H26N4. The lowest BCUT2D eigenvalue weighted by Crippen LogP contribution is -2.46. The molecule has 0 radical (unpaired) electrons. The average molecular weight is 346 g/mol. The lowest BCUT2D eigenvalue weighted by molar-refractivity contribution is 0.0903. The summed E-state index contributed by atoms with van der Waals surface area (Å²) in [5.74, 6) is 0. The van der Waals surface area contributed by atoms with Crippen LogP contribution in [0.2, 0.25) is 0 Å². The van der Waals surface area contributed by atoms with E-state index in [9.17, 15) is 0 Å². The Morgan fingerprint density at radius 2 is 1.62 bits per heavy atom. The van der Waals surface area contributed by atoms with Gasteiger partial charge in [-0.3, -0.25) is 14.5 Å². The van der Waals surface area contributed by atoms with E-state index in [1.54, 1.807) is 0 Å². The van der Waals surface area contributed by atoms with Crippen molar-refractivity contribution in [3.05, 3.63) is 89.7 Å². The third kappa shape index (κ3) is 3.87. The van der Waals surface area contributed by atoms with Crippen LogP contribution in [0, 0.1) is 0 Å². The van der Waals surface area contributed by atoms with Crippen LogP contribution in [-0.4, -0.2) is 46.3 Å². The molecule has 1 aromatic heterocycles. The van der Waals surface area contributed by atoms with Crippen molar-refractivity contribution in [2.45, 2.75) is 19.1 Å². The van der Waals surface area contributed by atoms with Crippen LogP contribution in [0.5, 0.6) is 0 Å². The van der Waals surface area contributed by atoms with E-state index in [0.29, 0.717) is 6.04 Å². The fourth-order valence-electron chi connectivity index (χ4n) is 3.78. The summed E-state index contributed by atoms with van der Waals surface area (Å²) >= 11 is 0. The molecule has 3 aromatic rings. The van der Waals surface area contributed by atoms with Gasteiger partial charge in [-0.25, -0.2) is 0 Å². The van der Waals surface area contributed by atoms with Crippen molar-refractivity contribution in [1.82, 2.24) is 19.6 Å². The Kier molecular flexibility index (Phi) is 5.14. The number of benzene rings is 2. The monoisotopic (exact) mass is 346 g/mol. The Bertz CT molecular complexity index is 813. The standard InChI is InChI=1S/C22H26N4/c1-24-14-15-25(18-22(24)19-8-3-2-4-9-19)16-20-10-5-6-11-21(20)17-26-13-7-12-23-26/h2-13,22H,14-18H2,1H3. The first-order valence-corrected chi connectivity index (χ1v) is 9.31. The second-order valence-electron chi connectivity index (χ2n) is 7.11. The zero-order chi connectivity index (χ0) is 17.8. The third-order valence-electron chi connectivity index (χ3n) is 5.32. The lowest BCUT2D eigenvalue weighted by atomic mass is 10.0. The average Bonchev–Trinajstić information content (AvgIpc) is 3.19. The predicted octanol–water partition coefficient (Wildman–Crippen LogP) is 3.42. The molecule has 0 bridgehead atoms. The summed E-state index contributed by atoms with van der Waals surface area (Å²) in [6, 6.07) is 22.1. The first kappa shape index (κ1) is 17.0. The minimum Gasteiger partial charge on any atom is -0.297 e. The molecule has 1 saturated heterocycles. The van der Waals surface area contributed by atoms with E-state index in [0.717, 1.165) is 32.7 Å². The number of nitrogens with zero attached hydrogens (tertiary/aromatic N) is 4. The molecule has 134 valence electrons. The molecule has 0 amide bonds. The van der Waals surface area contributed by atoms with E-state index >= 15 is 0 Å². The maximum atomic E-state index is 4.36. The van der Waals surface area contributed by atoms with Gasteiger partial charge in [0.15, 0.2) is 0 Å². The van der Waals surface area contributed by atoms with Gasteiger partial charge in [-0.05, 0) is 29.8 Å². The molecule has 0 N–H and O–H groups in total. The maximum Gasteiger partial charge on any atom is 0.0662 e. The predicted molar refractivity (Wildman–Crippen MR) is 105 cm³/mol. The highest BCUT2D eigenvalue weighted by Gasteiger charge is 2.25. The quantitative estimate of drug-likeness (QED) is 0.707. The minimum atomic E-state index is 0.461. The molecule has 4 heteroatoms. The summed E-state index contributed by atoms with van der Waals surface area (Å²) < 4.78 is 2.00. The van der Waals surface area contributed by atoms with Crippen molar-refractivity contribution in [2.75, 3.05) is 26.7 Å². The highest BCUT2D eigenvalue weighted by Crippen LogP contribution is 2.25. The summed E-state index contributed by atoms with van der Waals surface area (Å²) in [4.78, 5) is 5.06. The molecule has 26 heavy (non-hydrogen) atoms. The number of hydrogen-bond acceptors (Lipinski definition) is 3. The van der Waals surface area contributed by atoms with Gasteiger partial charge in [-0.2, -0.15) is 5.10 Å². The van der Waals surface area contributed by atoms with Gasteiger partial charge in [0.25, 0.3) is 0 Å². The van der Waals surface area contributed by atoms with E-state index in [1.807, 2.05) is 23.1 Å². The number of hydrogen-bond donors (Lipinski definition) is 0. The molecule has 1 aliphatic rings. The third-order valence-corrected chi connectivity index (χ3v) is 5.32. The zero-order valence-corrected chi connectivity index (χ0v) is 15.3. The van der Waals surface area contributed by atoms with Gasteiger partial charge < -0.3 is 0 Å². The highest BCUT2D eigenvalue weighted by atomic mass is 15.3. The van der Waals surface area contributed by atoms with Gasteiger partial charge in [0.1, 0.15) is 0 Å². The minimum absolute atomic E-state index is 0.461. The van der Waals surface area contributed by atoms with E-state index in [-0.39, 0.29) is 0 Å². The van der Waals surface area contributed by atoms with Crippen LogP contribution in [0.1, 0.15) is 22.7 Å². The number of piperazine rings is 1. The summed E-state index contributed by atoms with van der Waals surface area (Å²) in [6.07, 6.45) is 3.87. The molecule has 2 aromatic carbocycles. The molecule has 1 fully saturated rings. The number of aromatic nitrogens is 2. The van der Waals surface area contributed by atoms with Crippen molar-refractivity contribution in [3.8, 4) is 0 Å². The molecule has 2 heterocycles. The van der Waals surface area contributed by atoms with Crippen LogP contribution in [0.3, 0.4) is 0 Å². The van der Waals surface area contributed by atoms with Gasteiger partial charge in [0.2, 0.25) is 0 Å². The number of likely N-dealkylation sites (N-methyl/N-ethyl adjacent to an activating group) is 1. The van der Waals surface area contributed by atoms with E-state index < -0.39 is 0 Å². The van der Waals surface area contributed by atoms with Crippen LogP contribution in [-0.2, 0) is 13.1 Å². The fourth-order valence-corrected chi connectivity index (χ4v) is 3.78. The molecule has 4 nitrogen and oxygen atoms in total. The van der Waals surface area contributed by atoms with E-state index in [2.05, 4.69) is 76.5 Å². The SMILES string of the molecule is CN1CCN(Cc2ccccc2Cn2cccn2)CC1c1ccccc1. The largest absolute Gasteiger partial charge is 0.297 e. The van der Waals surface area contributed by atoms with Gasteiger partial charge in [0, 0.05) is 44.6 Å². The van der Waals surface area contributed by atoms with E-state index in [4.69, 9.17) is 0 Å². The second-order valence-corrected chi connectivity index (χ2v) is 7.11. The molecule has 1 atom stereocenters. The first-order valence-electron chi connectivity index (χ1n) is 9.31. The van der Waals surface area contributed by atoms with Gasteiger partial charge in [-0.1, -0.05) is 54.6 Å². The highest BCUT2D eigenvalue weighted by molar-refractivity contribution is 5.28. The van der Waals surface area contributed by atoms with Gasteiger partial charge in [0.05, 0.1) is 6.54 Å². The van der Waals surface area contributed by atoms with Crippen molar-refractivity contribution >= 4 is 0 Å². The zero-order valence-electron chi connectivity index (χ0n) is 15.3. The van der Waals surface area contributed by atoms with E-state index in [1.165, 1.54) is 16.7 Å². The summed E-state index contributed by atoms with van der Waals surface area (Å²) in [5.41, 5.74) is 4.16. The molecule has 4 rings (SSSR count). The van der Waals surface area contributed by atoms with Crippen LogP contribution in [0.15, 0.2) is 73.1 Å². The Morgan fingerprint density at radius 1 is 0.885 bits per heavy atom. The van der Waals surface area contributed by atoms with Crippen molar-refractivity contribution in [2.24, 2.45) is 0 Å². The molecule has 1 aliphatic heterocycles. The number of rotatable bonds is 5. The Labute approximate surface area is 155 Å². The van der Waals surface area contributed by atoms with Crippen molar-refractivity contribution in [1.29, 1.82) is 0 Å². The molecule has 1 unspecified atom stereocenters. The summed E-state index contributed by atoms with van der Waals surface area (Å²) in [6.45, 7) is 5.10. The van der Waals surface area contributed by atoms with Crippen LogP contribution >= 0.6 is 0 Å². The molecule has 0 spiro atoms. The normalized spacial score (nSPS) is 18.9.